The summed E-state index contributed by atoms with van der Waals surface area (Å²) in [5, 5.41) is 0.452. The number of aromatic nitrogens is 2. The molecule has 4 rings (SSSR count). The number of piperidine rings is 1. The second kappa shape index (κ2) is 14.0. The average Bonchev–Trinajstić information content (AvgIpc) is 2.95. The molecule has 1 saturated heterocycles. The molecule has 3 aromatic rings. The van der Waals surface area contributed by atoms with Crippen LogP contribution in [0.1, 0.15) is 64.5 Å². The molecule has 224 valence electrons. The lowest BCUT2D eigenvalue weighted by Gasteiger charge is -2.42. The van der Waals surface area contributed by atoms with Gasteiger partial charge in [0.2, 0.25) is 0 Å². The quantitative estimate of drug-likeness (QED) is 0.296. The van der Waals surface area contributed by atoms with Gasteiger partial charge >= 0.3 is 0 Å². The van der Waals surface area contributed by atoms with Gasteiger partial charge in [-0.25, -0.2) is 4.98 Å². The van der Waals surface area contributed by atoms with Crippen LogP contribution in [0.25, 0.3) is 0 Å². The SMILES string of the molecule is Cc1ccncc1CN(c1ccc(OCC(N)=O)cc1)C1CCN([C@H](C)CCc2c(Cl)nc(C)c(C(N)=O)c2C)CC1. The molecule has 9 nitrogen and oxygen atoms in total. The molecule has 2 aromatic heterocycles. The summed E-state index contributed by atoms with van der Waals surface area (Å²) < 4.78 is 5.47. The summed E-state index contributed by atoms with van der Waals surface area (Å²) in [5.41, 5.74) is 17.1. The van der Waals surface area contributed by atoms with Gasteiger partial charge in [0.15, 0.2) is 6.61 Å². The molecular formula is C32H41ClN6O3. The number of hydrogen-bond donors (Lipinski definition) is 2. The topological polar surface area (TPSA) is 128 Å². The van der Waals surface area contributed by atoms with Gasteiger partial charge in [0.25, 0.3) is 11.8 Å². The van der Waals surface area contributed by atoms with E-state index < -0.39 is 11.8 Å². The highest BCUT2D eigenvalue weighted by Crippen LogP contribution is 2.30. The van der Waals surface area contributed by atoms with Crippen molar-refractivity contribution < 1.29 is 14.3 Å². The van der Waals surface area contributed by atoms with Crippen molar-refractivity contribution in [1.29, 1.82) is 0 Å². The van der Waals surface area contributed by atoms with E-state index in [1.165, 1.54) is 11.1 Å². The average molecular weight is 593 g/mol. The molecule has 1 fully saturated rings. The number of nitrogens with zero attached hydrogens (tertiary/aromatic N) is 4. The van der Waals surface area contributed by atoms with Gasteiger partial charge in [-0.05, 0) is 106 Å². The van der Waals surface area contributed by atoms with Gasteiger partial charge in [-0.2, -0.15) is 0 Å². The molecule has 0 spiro atoms. The first-order valence-corrected chi connectivity index (χ1v) is 14.8. The van der Waals surface area contributed by atoms with Crippen LogP contribution in [-0.2, 0) is 17.8 Å². The molecule has 0 saturated carbocycles. The number of carbonyl (C=O) groups excluding carboxylic acids is 2. The predicted molar refractivity (Wildman–Crippen MR) is 166 cm³/mol. The Labute approximate surface area is 253 Å². The maximum absolute atomic E-state index is 12.0. The number of anilines is 1. The molecule has 1 aliphatic heterocycles. The Morgan fingerprint density at radius 1 is 1.12 bits per heavy atom. The van der Waals surface area contributed by atoms with Crippen molar-refractivity contribution in [1.82, 2.24) is 14.9 Å². The number of halogens is 1. The number of pyridine rings is 2. The first-order valence-electron chi connectivity index (χ1n) is 14.4. The van der Waals surface area contributed by atoms with E-state index in [1.807, 2.05) is 49.6 Å². The molecule has 4 N–H and O–H groups in total. The van der Waals surface area contributed by atoms with Crippen molar-refractivity contribution in [3.63, 3.8) is 0 Å². The van der Waals surface area contributed by atoms with Gasteiger partial charge in [-0.3, -0.25) is 14.6 Å². The van der Waals surface area contributed by atoms with E-state index in [4.69, 9.17) is 27.8 Å². The molecule has 0 aliphatic carbocycles. The third-order valence-electron chi connectivity index (χ3n) is 8.36. The molecule has 0 unspecified atom stereocenters. The van der Waals surface area contributed by atoms with Crippen LogP contribution < -0.4 is 21.1 Å². The molecule has 3 heterocycles. The van der Waals surface area contributed by atoms with Crippen LogP contribution in [0.4, 0.5) is 5.69 Å². The summed E-state index contributed by atoms with van der Waals surface area (Å²) in [6.45, 7) is 10.6. The zero-order valence-electron chi connectivity index (χ0n) is 24.9. The van der Waals surface area contributed by atoms with Crippen LogP contribution in [0.3, 0.4) is 0 Å². The lowest BCUT2D eigenvalue weighted by atomic mass is 9.95. The van der Waals surface area contributed by atoms with Gasteiger partial charge in [0, 0.05) is 49.8 Å². The minimum absolute atomic E-state index is 0.146. The number of nitrogens with two attached hydrogens (primary N) is 2. The Balaban J connectivity index is 1.43. The molecule has 1 aliphatic rings. The van der Waals surface area contributed by atoms with Crippen LogP contribution in [0.15, 0.2) is 42.7 Å². The van der Waals surface area contributed by atoms with E-state index in [2.05, 4.69) is 33.6 Å². The summed E-state index contributed by atoms with van der Waals surface area (Å²) in [4.78, 5) is 36.8. The third kappa shape index (κ3) is 7.57. The number of primary amides is 2. The zero-order valence-corrected chi connectivity index (χ0v) is 25.7. The number of benzene rings is 1. The fourth-order valence-electron chi connectivity index (χ4n) is 5.84. The van der Waals surface area contributed by atoms with Crippen LogP contribution >= 0.6 is 11.6 Å². The van der Waals surface area contributed by atoms with Crippen molar-refractivity contribution >= 4 is 29.1 Å². The normalized spacial score (nSPS) is 14.9. The van der Waals surface area contributed by atoms with E-state index in [0.29, 0.717) is 34.2 Å². The minimum atomic E-state index is -0.502. The highest BCUT2D eigenvalue weighted by atomic mass is 35.5. The smallest absolute Gasteiger partial charge is 0.255 e. The molecule has 1 atom stereocenters. The fourth-order valence-corrected chi connectivity index (χ4v) is 6.20. The number of rotatable bonds is 12. The Bertz CT molecular complexity index is 1410. The first-order chi connectivity index (χ1) is 20.0. The Hall–Kier alpha value is -3.69. The third-order valence-corrected chi connectivity index (χ3v) is 8.68. The summed E-state index contributed by atoms with van der Waals surface area (Å²) in [7, 11) is 0. The minimum Gasteiger partial charge on any atom is -0.484 e. The van der Waals surface area contributed by atoms with Crippen molar-refractivity contribution in [2.75, 3.05) is 24.6 Å². The second-order valence-electron chi connectivity index (χ2n) is 11.2. The van der Waals surface area contributed by atoms with Crippen LogP contribution in [0, 0.1) is 20.8 Å². The van der Waals surface area contributed by atoms with E-state index in [9.17, 15) is 9.59 Å². The number of amides is 2. The largest absolute Gasteiger partial charge is 0.484 e. The standard InChI is InChI=1S/C32H41ClN6O3/c1-20-11-14-36-17-24(20)18-39(25-6-8-27(9-7-25)42-19-29(34)40)26-12-15-38(16-13-26)21(2)5-10-28-22(3)30(32(35)41)23(4)37-31(28)33/h6-9,11,14,17,21,26H,5,10,12-13,15-16,18-19H2,1-4H3,(H2,34,40)(H2,35,41)/t21-/m1/s1. The molecule has 2 amide bonds. The summed E-state index contributed by atoms with van der Waals surface area (Å²) in [6.07, 6.45) is 7.43. The number of carbonyl (C=O) groups is 2. The summed E-state index contributed by atoms with van der Waals surface area (Å²) >= 11 is 6.50. The maximum atomic E-state index is 12.0. The molecule has 0 radical (unpaired) electrons. The second-order valence-corrected chi connectivity index (χ2v) is 11.5. The fraction of sp³-hybridized carbons (Fsp3) is 0.438. The predicted octanol–water partition coefficient (Wildman–Crippen LogP) is 4.51. The van der Waals surface area contributed by atoms with Crippen LogP contribution in [0.5, 0.6) is 5.75 Å². The number of aryl methyl sites for hydroxylation is 2. The van der Waals surface area contributed by atoms with Crippen LogP contribution in [0.2, 0.25) is 5.15 Å². The van der Waals surface area contributed by atoms with Crippen molar-refractivity contribution in [3.05, 3.63) is 81.4 Å². The van der Waals surface area contributed by atoms with E-state index in [0.717, 1.165) is 62.1 Å². The van der Waals surface area contributed by atoms with E-state index in [-0.39, 0.29) is 6.61 Å². The number of ether oxygens (including phenoxy) is 1. The lowest BCUT2D eigenvalue weighted by molar-refractivity contribution is -0.119. The van der Waals surface area contributed by atoms with Gasteiger partial charge in [-0.15, -0.1) is 0 Å². The van der Waals surface area contributed by atoms with E-state index >= 15 is 0 Å². The Morgan fingerprint density at radius 2 is 1.81 bits per heavy atom. The summed E-state index contributed by atoms with van der Waals surface area (Å²) in [6, 6.07) is 10.6. The van der Waals surface area contributed by atoms with Crippen LogP contribution in [-0.4, -0.2) is 58.5 Å². The van der Waals surface area contributed by atoms with Crippen molar-refractivity contribution in [2.24, 2.45) is 11.5 Å². The van der Waals surface area contributed by atoms with Gasteiger partial charge < -0.3 is 26.0 Å². The molecule has 1 aromatic carbocycles. The lowest BCUT2D eigenvalue weighted by Crippen LogP contribution is -2.47. The Kier molecular flexibility index (Phi) is 10.4. The first kappa shape index (κ1) is 31.3. The monoisotopic (exact) mass is 592 g/mol. The van der Waals surface area contributed by atoms with Crippen molar-refractivity contribution in [3.8, 4) is 5.75 Å². The van der Waals surface area contributed by atoms with Crippen molar-refractivity contribution in [2.45, 2.75) is 72.0 Å². The van der Waals surface area contributed by atoms with E-state index in [1.54, 1.807) is 6.92 Å². The van der Waals surface area contributed by atoms with Gasteiger partial charge in [0.1, 0.15) is 10.9 Å². The van der Waals surface area contributed by atoms with Gasteiger partial charge in [0.05, 0.1) is 11.3 Å². The number of likely N-dealkylation sites (tertiary alicyclic amines) is 1. The highest BCUT2D eigenvalue weighted by molar-refractivity contribution is 6.30. The molecule has 0 bridgehead atoms. The maximum Gasteiger partial charge on any atom is 0.255 e. The molecule has 42 heavy (non-hydrogen) atoms. The Morgan fingerprint density at radius 3 is 2.43 bits per heavy atom. The molecular weight excluding hydrogens is 552 g/mol. The summed E-state index contributed by atoms with van der Waals surface area (Å²) in [5.74, 6) is -0.358. The highest BCUT2D eigenvalue weighted by Gasteiger charge is 2.28. The number of hydrogen-bond acceptors (Lipinski definition) is 7. The van der Waals surface area contributed by atoms with Gasteiger partial charge in [-0.1, -0.05) is 11.6 Å². The zero-order chi connectivity index (χ0) is 30.4. The molecule has 10 heteroatoms.